The van der Waals surface area contributed by atoms with Crippen molar-refractivity contribution in [1.82, 2.24) is 0 Å². The molecule has 15 heavy (non-hydrogen) atoms. The van der Waals surface area contributed by atoms with Crippen LogP contribution in [0.2, 0.25) is 0 Å². The smallest absolute Gasteiger partial charge is 0.0639 e. The van der Waals surface area contributed by atoms with E-state index in [1.807, 2.05) is 6.92 Å². The van der Waals surface area contributed by atoms with Gasteiger partial charge < -0.3 is 5.11 Å². The monoisotopic (exact) mass is 209 g/mol. The number of hydrogen-bond acceptors (Lipinski definition) is 2. The number of aliphatic hydroxyl groups excluding tert-OH is 1. The Morgan fingerprint density at radius 2 is 2.13 bits per heavy atom. The number of aliphatic hydroxyl groups is 1. The number of allylic oxidation sites excluding steroid dienone is 1. The van der Waals surface area contributed by atoms with Gasteiger partial charge >= 0.3 is 0 Å². The van der Waals surface area contributed by atoms with Gasteiger partial charge in [0.1, 0.15) is 0 Å². The topological polar surface area (TPSA) is 69.0 Å². The first-order valence-corrected chi connectivity index (χ1v) is 5.57. The first-order chi connectivity index (χ1) is 7.26. The molecule has 4 heteroatoms. The van der Waals surface area contributed by atoms with Crippen LogP contribution in [0.3, 0.4) is 0 Å². The summed E-state index contributed by atoms with van der Waals surface area (Å²) in [5.41, 5.74) is 9.36. The van der Waals surface area contributed by atoms with Crippen molar-refractivity contribution in [2.75, 3.05) is 6.61 Å². The minimum atomic E-state index is 0.161. The van der Waals surface area contributed by atoms with Crippen LogP contribution >= 0.6 is 0 Å². The fourth-order valence-electron chi connectivity index (χ4n) is 2.00. The van der Waals surface area contributed by atoms with E-state index in [9.17, 15) is 0 Å². The van der Waals surface area contributed by atoms with Gasteiger partial charge in [0.2, 0.25) is 0 Å². The summed E-state index contributed by atoms with van der Waals surface area (Å²) in [5.74, 6) is 0.705. The zero-order chi connectivity index (χ0) is 11.1. The molecule has 84 valence electrons. The van der Waals surface area contributed by atoms with E-state index in [4.69, 9.17) is 10.6 Å². The summed E-state index contributed by atoms with van der Waals surface area (Å²) in [7, 11) is 0. The van der Waals surface area contributed by atoms with Crippen LogP contribution in [0.5, 0.6) is 0 Å². The summed E-state index contributed by atoms with van der Waals surface area (Å²) in [6.45, 7) is 2.11. The molecule has 0 aromatic heterocycles. The van der Waals surface area contributed by atoms with E-state index in [0.29, 0.717) is 5.92 Å². The second kappa shape index (κ2) is 6.49. The van der Waals surface area contributed by atoms with Crippen molar-refractivity contribution < 1.29 is 5.11 Å². The van der Waals surface area contributed by atoms with Gasteiger partial charge in [0, 0.05) is 11.0 Å². The van der Waals surface area contributed by atoms with Crippen LogP contribution in [-0.2, 0) is 0 Å². The minimum absolute atomic E-state index is 0.161. The first-order valence-electron chi connectivity index (χ1n) is 5.57. The van der Waals surface area contributed by atoms with E-state index >= 15 is 0 Å². The first kappa shape index (κ1) is 12.1. The number of rotatable bonds is 4. The lowest BCUT2D eigenvalue weighted by molar-refractivity contribution is 0.320. The molecule has 0 saturated heterocycles. The molecule has 1 N–H and O–H groups in total. The Morgan fingerprint density at radius 3 is 2.67 bits per heavy atom. The Hall–Kier alpha value is -0.990. The molecule has 0 unspecified atom stereocenters. The second-order valence-electron chi connectivity index (χ2n) is 4.32. The molecule has 1 fully saturated rings. The molecule has 1 aliphatic rings. The molecule has 0 radical (unpaired) electrons. The predicted octanol–water partition coefficient (Wildman–Crippen LogP) is 3.18. The van der Waals surface area contributed by atoms with Gasteiger partial charge in [-0.1, -0.05) is 16.8 Å². The third kappa shape index (κ3) is 4.36. The SMILES string of the molecule is CC(=CCC1CCC(N=[N+]=[N-])CC1)CO. The lowest BCUT2D eigenvalue weighted by atomic mass is 9.84. The second-order valence-corrected chi connectivity index (χ2v) is 4.32. The molecule has 0 bridgehead atoms. The van der Waals surface area contributed by atoms with Crippen LogP contribution in [0.25, 0.3) is 10.4 Å². The van der Waals surface area contributed by atoms with Gasteiger partial charge in [-0.3, -0.25) is 0 Å². The molecule has 0 aromatic carbocycles. The van der Waals surface area contributed by atoms with Gasteiger partial charge in [-0.05, 0) is 50.5 Å². The van der Waals surface area contributed by atoms with Crippen molar-refractivity contribution in [1.29, 1.82) is 0 Å². The zero-order valence-electron chi connectivity index (χ0n) is 9.26. The highest BCUT2D eigenvalue weighted by atomic mass is 16.3. The fraction of sp³-hybridized carbons (Fsp3) is 0.818. The maximum absolute atomic E-state index is 8.85. The summed E-state index contributed by atoms with van der Waals surface area (Å²) in [4.78, 5) is 2.85. The van der Waals surface area contributed by atoms with Gasteiger partial charge in [0.05, 0.1) is 6.61 Å². The summed E-state index contributed by atoms with van der Waals surface area (Å²) >= 11 is 0. The molecule has 4 nitrogen and oxygen atoms in total. The van der Waals surface area contributed by atoms with Crippen molar-refractivity contribution in [2.24, 2.45) is 11.0 Å². The molecule has 1 aliphatic carbocycles. The molecule has 0 aliphatic heterocycles. The Morgan fingerprint density at radius 1 is 1.47 bits per heavy atom. The number of hydrogen-bond donors (Lipinski definition) is 1. The van der Waals surface area contributed by atoms with E-state index in [2.05, 4.69) is 16.1 Å². The van der Waals surface area contributed by atoms with Gasteiger partial charge in [-0.2, -0.15) is 0 Å². The maximum atomic E-state index is 8.85. The highest BCUT2D eigenvalue weighted by molar-refractivity contribution is 4.98. The van der Waals surface area contributed by atoms with Crippen molar-refractivity contribution >= 4 is 0 Å². The normalized spacial score (nSPS) is 27.2. The third-order valence-electron chi connectivity index (χ3n) is 3.08. The molecular weight excluding hydrogens is 190 g/mol. The van der Waals surface area contributed by atoms with Crippen LogP contribution in [0.4, 0.5) is 0 Å². The van der Waals surface area contributed by atoms with E-state index < -0.39 is 0 Å². The molecule has 0 spiro atoms. The van der Waals surface area contributed by atoms with E-state index in [1.165, 1.54) is 0 Å². The van der Waals surface area contributed by atoms with Crippen LogP contribution < -0.4 is 0 Å². The van der Waals surface area contributed by atoms with Gasteiger partial charge in [0.25, 0.3) is 0 Å². The molecule has 1 saturated carbocycles. The summed E-state index contributed by atoms with van der Waals surface area (Å²) in [6, 6.07) is 0.217. The van der Waals surface area contributed by atoms with Crippen LogP contribution in [0, 0.1) is 5.92 Å². The average molecular weight is 209 g/mol. The number of azide groups is 1. The summed E-state index contributed by atoms with van der Waals surface area (Å²) in [5, 5.41) is 12.6. The maximum Gasteiger partial charge on any atom is 0.0639 e. The van der Waals surface area contributed by atoms with E-state index in [-0.39, 0.29) is 12.6 Å². The van der Waals surface area contributed by atoms with E-state index in [1.54, 1.807) is 0 Å². The molecule has 1 rings (SSSR count). The highest BCUT2D eigenvalue weighted by Gasteiger charge is 2.19. The summed E-state index contributed by atoms with van der Waals surface area (Å²) in [6.07, 6.45) is 7.48. The van der Waals surface area contributed by atoms with Crippen molar-refractivity contribution in [2.45, 2.75) is 45.1 Å². The van der Waals surface area contributed by atoms with Gasteiger partial charge in [-0.25, -0.2) is 0 Å². The largest absolute Gasteiger partial charge is 0.392 e. The lowest BCUT2D eigenvalue weighted by Gasteiger charge is -2.24. The Labute approximate surface area is 90.6 Å². The number of nitrogens with zero attached hydrogens (tertiary/aromatic N) is 3. The van der Waals surface area contributed by atoms with Crippen LogP contribution in [-0.4, -0.2) is 17.8 Å². The summed E-state index contributed by atoms with van der Waals surface area (Å²) < 4.78 is 0. The van der Waals surface area contributed by atoms with E-state index in [0.717, 1.165) is 37.7 Å². The van der Waals surface area contributed by atoms with Crippen LogP contribution in [0.1, 0.15) is 39.0 Å². The third-order valence-corrected chi connectivity index (χ3v) is 3.08. The van der Waals surface area contributed by atoms with Crippen molar-refractivity contribution in [3.8, 4) is 0 Å². The Bertz CT molecular complexity index is 261. The zero-order valence-corrected chi connectivity index (χ0v) is 9.26. The predicted molar refractivity (Wildman–Crippen MR) is 60.4 cm³/mol. The standard InChI is InChI=1S/C11H19N3O/c1-9(8-15)2-3-10-4-6-11(7-5-10)13-14-12/h2,10-11,15H,3-8H2,1H3. The Balaban J connectivity index is 2.28. The van der Waals surface area contributed by atoms with Gasteiger partial charge in [-0.15, -0.1) is 0 Å². The van der Waals surface area contributed by atoms with Crippen LogP contribution in [0.15, 0.2) is 16.8 Å². The minimum Gasteiger partial charge on any atom is -0.392 e. The molecule has 0 heterocycles. The molecule has 0 amide bonds. The van der Waals surface area contributed by atoms with Crippen molar-refractivity contribution in [3.63, 3.8) is 0 Å². The average Bonchev–Trinajstić information content (AvgIpc) is 2.28. The molecular formula is C11H19N3O. The fourth-order valence-corrected chi connectivity index (χ4v) is 2.00. The quantitative estimate of drug-likeness (QED) is 0.328. The Kier molecular flexibility index (Phi) is 5.22. The highest BCUT2D eigenvalue weighted by Crippen LogP contribution is 2.29. The molecule has 0 atom stereocenters. The van der Waals surface area contributed by atoms with Crippen molar-refractivity contribution in [3.05, 3.63) is 22.1 Å². The van der Waals surface area contributed by atoms with Gasteiger partial charge in [0.15, 0.2) is 0 Å². The lowest BCUT2D eigenvalue weighted by Crippen LogP contribution is -2.16. The molecule has 0 aromatic rings.